The van der Waals surface area contributed by atoms with Crippen molar-refractivity contribution in [2.75, 3.05) is 13.2 Å². The van der Waals surface area contributed by atoms with Crippen molar-refractivity contribution in [3.05, 3.63) is 23.8 Å². The summed E-state index contributed by atoms with van der Waals surface area (Å²) in [5.74, 6) is 2.45. The summed E-state index contributed by atoms with van der Waals surface area (Å²) >= 11 is 0. The normalized spacial score (nSPS) is 19.4. The average Bonchev–Trinajstić information content (AvgIpc) is 2.49. The first-order valence-electron chi connectivity index (χ1n) is 4.71. The number of benzene rings is 1. The highest BCUT2D eigenvalue weighted by molar-refractivity contribution is 5.44. The van der Waals surface area contributed by atoms with E-state index in [2.05, 4.69) is 13.0 Å². The molecule has 2 rings (SSSR count). The number of hydrogen-bond acceptors (Lipinski definition) is 2. The van der Waals surface area contributed by atoms with Crippen molar-refractivity contribution in [1.82, 2.24) is 0 Å². The molecule has 2 heteroatoms. The van der Waals surface area contributed by atoms with Gasteiger partial charge in [-0.25, -0.2) is 0 Å². The van der Waals surface area contributed by atoms with Crippen LogP contribution < -0.4 is 9.47 Å². The Bertz CT molecular complexity index is 307. The maximum Gasteiger partial charge on any atom is 0.123 e. The van der Waals surface area contributed by atoms with Crippen molar-refractivity contribution < 1.29 is 9.47 Å². The van der Waals surface area contributed by atoms with Crippen LogP contribution in [-0.4, -0.2) is 13.2 Å². The highest BCUT2D eigenvalue weighted by Gasteiger charge is 2.20. The molecule has 0 aliphatic carbocycles. The van der Waals surface area contributed by atoms with Crippen molar-refractivity contribution in [2.24, 2.45) is 0 Å². The third-order valence-corrected chi connectivity index (χ3v) is 2.31. The molecular formula is C11H14O2. The average molecular weight is 178 g/mol. The van der Waals surface area contributed by atoms with E-state index in [0.29, 0.717) is 12.5 Å². The smallest absolute Gasteiger partial charge is 0.123 e. The summed E-state index contributed by atoms with van der Waals surface area (Å²) in [5.41, 5.74) is 1.27. The Morgan fingerprint density at radius 3 is 3.15 bits per heavy atom. The van der Waals surface area contributed by atoms with E-state index in [1.54, 1.807) is 0 Å². The van der Waals surface area contributed by atoms with Gasteiger partial charge in [-0.1, -0.05) is 6.92 Å². The molecule has 0 amide bonds. The van der Waals surface area contributed by atoms with Crippen LogP contribution in [0.15, 0.2) is 18.2 Å². The van der Waals surface area contributed by atoms with Crippen molar-refractivity contribution in [3.63, 3.8) is 0 Å². The minimum Gasteiger partial charge on any atom is -0.494 e. The van der Waals surface area contributed by atoms with E-state index in [0.717, 1.165) is 18.1 Å². The molecule has 1 unspecified atom stereocenters. The summed E-state index contributed by atoms with van der Waals surface area (Å²) < 4.78 is 10.9. The standard InChI is InChI=1S/C11H14O2/c1-3-12-9-4-5-11-10(6-9)8(2)7-13-11/h4-6,8H,3,7H2,1-2H3. The first-order valence-corrected chi connectivity index (χ1v) is 4.71. The molecule has 13 heavy (non-hydrogen) atoms. The van der Waals surface area contributed by atoms with Gasteiger partial charge in [-0.15, -0.1) is 0 Å². The Kier molecular flexibility index (Phi) is 2.13. The molecule has 70 valence electrons. The van der Waals surface area contributed by atoms with Crippen molar-refractivity contribution in [1.29, 1.82) is 0 Å². The quantitative estimate of drug-likeness (QED) is 0.693. The van der Waals surface area contributed by atoms with Crippen LogP contribution in [0.1, 0.15) is 25.3 Å². The molecule has 0 bridgehead atoms. The monoisotopic (exact) mass is 178 g/mol. The summed E-state index contributed by atoms with van der Waals surface area (Å²) in [6, 6.07) is 6.03. The van der Waals surface area contributed by atoms with E-state index in [9.17, 15) is 0 Å². The minimum absolute atomic E-state index is 0.496. The summed E-state index contributed by atoms with van der Waals surface area (Å²) in [5, 5.41) is 0. The molecule has 1 atom stereocenters. The predicted octanol–water partition coefficient (Wildman–Crippen LogP) is 2.58. The summed E-state index contributed by atoms with van der Waals surface area (Å²) in [7, 11) is 0. The Hall–Kier alpha value is -1.18. The van der Waals surface area contributed by atoms with Crippen LogP contribution in [0.5, 0.6) is 11.5 Å². The Balaban J connectivity index is 2.31. The Morgan fingerprint density at radius 2 is 2.38 bits per heavy atom. The molecule has 1 aliphatic heterocycles. The van der Waals surface area contributed by atoms with Crippen LogP contribution in [0.2, 0.25) is 0 Å². The fraction of sp³-hybridized carbons (Fsp3) is 0.455. The number of hydrogen-bond donors (Lipinski definition) is 0. The molecule has 1 aromatic carbocycles. The number of ether oxygens (including phenoxy) is 2. The van der Waals surface area contributed by atoms with Gasteiger partial charge >= 0.3 is 0 Å². The molecule has 0 radical (unpaired) electrons. The van der Waals surface area contributed by atoms with Gasteiger partial charge in [0, 0.05) is 11.5 Å². The molecule has 0 saturated heterocycles. The number of fused-ring (bicyclic) bond motifs is 1. The van der Waals surface area contributed by atoms with E-state index in [4.69, 9.17) is 9.47 Å². The Labute approximate surface area is 78.5 Å². The van der Waals surface area contributed by atoms with Crippen molar-refractivity contribution in [2.45, 2.75) is 19.8 Å². The minimum atomic E-state index is 0.496. The molecule has 1 aliphatic rings. The Morgan fingerprint density at radius 1 is 1.54 bits per heavy atom. The highest BCUT2D eigenvalue weighted by Crippen LogP contribution is 2.35. The van der Waals surface area contributed by atoms with E-state index in [1.165, 1.54) is 5.56 Å². The maximum absolute atomic E-state index is 5.49. The van der Waals surface area contributed by atoms with Crippen molar-refractivity contribution >= 4 is 0 Å². The lowest BCUT2D eigenvalue weighted by Crippen LogP contribution is -1.94. The van der Waals surface area contributed by atoms with Gasteiger partial charge in [0.15, 0.2) is 0 Å². The van der Waals surface area contributed by atoms with Crippen LogP contribution in [0, 0.1) is 0 Å². The number of rotatable bonds is 2. The molecule has 0 saturated carbocycles. The van der Waals surface area contributed by atoms with Crippen LogP contribution in [-0.2, 0) is 0 Å². The zero-order chi connectivity index (χ0) is 9.26. The van der Waals surface area contributed by atoms with Crippen LogP contribution in [0.3, 0.4) is 0 Å². The first kappa shape index (κ1) is 8.42. The lowest BCUT2D eigenvalue weighted by Gasteiger charge is -2.05. The summed E-state index contributed by atoms with van der Waals surface area (Å²) in [4.78, 5) is 0. The molecule has 2 nitrogen and oxygen atoms in total. The van der Waals surface area contributed by atoms with Crippen LogP contribution >= 0.6 is 0 Å². The second-order valence-electron chi connectivity index (χ2n) is 3.34. The topological polar surface area (TPSA) is 18.5 Å². The van der Waals surface area contributed by atoms with Crippen molar-refractivity contribution in [3.8, 4) is 11.5 Å². The summed E-state index contributed by atoms with van der Waals surface area (Å²) in [6.07, 6.45) is 0. The molecule has 1 aromatic rings. The SMILES string of the molecule is CCOc1ccc2c(c1)C(C)CO2. The molecule has 0 spiro atoms. The van der Waals surface area contributed by atoms with Gasteiger partial charge < -0.3 is 9.47 Å². The third-order valence-electron chi connectivity index (χ3n) is 2.31. The van der Waals surface area contributed by atoms with Gasteiger partial charge in [0.05, 0.1) is 13.2 Å². The van der Waals surface area contributed by atoms with Gasteiger partial charge in [0.1, 0.15) is 11.5 Å². The largest absolute Gasteiger partial charge is 0.494 e. The second kappa shape index (κ2) is 3.29. The van der Waals surface area contributed by atoms with E-state index in [1.807, 2.05) is 19.1 Å². The molecule has 0 aromatic heterocycles. The molecule has 0 fully saturated rings. The van der Waals surface area contributed by atoms with Gasteiger partial charge in [-0.2, -0.15) is 0 Å². The molecule has 0 N–H and O–H groups in total. The molecular weight excluding hydrogens is 164 g/mol. The van der Waals surface area contributed by atoms with E-state index in [-0.39, 0.29) is 0 Å². The fourth-order valence-electron chi connectivity index (χ4n) is 1.60. The van der Waals surface area contributed by atoms with Gasteiger partial charge in [0.2, 0.25) is 0 Å². The lowest BCUT2D eigenvalue weighted by molar-refractivity contribution is 0.335. The molecule has 1 heterocycles. The van der Waals surface area contributed by atoms with Gasteiger partial charge in [-0.05, 0) is 25.1 Å². The highest BCUT2D eigenvalue weighted by atomic mass is 16.5. The van der Waals surface area contributed by atoms with Gasteiger partial charge in [-0.3, -0.25) is 0 Å². The van der Waals surface area contributed by atoms with Crippen LogP contribution in [0.4, 0.5) is 0 Å². The maximum atomic E-state index is 5.49. The first-order chi connectivity index (χ1) is 6.31. The second-order valence-corrected chi connectivity index (χ2v) is 3.34. The van der Waals surface area contributed by atoms with Gasteiger partial charge in [0.25, 0.3) is 0 Å². The summed E-state index contributed by atoms with van der Waals surface area (Å²) in [6.45, 7) is 5.67. The van der Waals surface area contributed by atoms with E-state index < -0.39 is 0 Å². The fourth-order valence-corrected chi connectivity index (χ4v) is 1.60. The lowest BCUT2D eigenvalue weighted by atomic mass is 10.0. The van der Waals surface area contributed by atoms with E-state index >= 15 is 0 Å². The predicted molar refractivity (Wildman–Crippen MR) is 51.5 cm³/mol. The third kappa shape index (κ3) is 1.48. The van der Waals surface area contributed by atoms with Crippen LogP contribution in [0.25, 0.3) is 0 Å². The zero-order valence-corrected chi connectivity index (χ0v) is 8.04. The zero-order valence-electron chi connectivity index (χ0n) is 8.04.